The summed E-state index contributed by atoms with van der Waals surface area (Å²) in [5, 5.41) is 2.93. The van der Waals surface area contributed by atoms with Crippen molar-refractivity contribution in [2.45, 2.75) is 6.42 Å². The fourth-order valence-corrected chi connectivity index (χ4v) is 3.61. The largest absolute Gasteiger partial charge is 0.497 e. The summed E-state index contributed by atoms with van der Waals surface area (Å²) in [4.78, 5) is 34.8. The SMILES string of the molecule is COc1ccc2c(c1)CC(C(=O)Nc1ccc(-c3ccnc(N)n3)cc1OCC(=O)N(C)C)CO2. The van der Waals surface area contributed by atoms with Crippen molar-refractivity contribution in [3.8, 4) is 28.5 Å². The lowest BCUT2D eigenvalue weighted by atomic mass is 9.95. The van der Waals surface area contributed by atoms with E-state index in [0.29, 0.717) is 34.9 Å². The maximum atomic E-state index is 13.1. The summed E-state index contributed by atoms with van der Waals surface area (Å²) in [6.07, 6.45) is 2.06. The Kier molecular flexibility index (Phi) is 7.00. The van der Waals surface area contributed by atoms with Gasteiger partial charge in [-0.2, -0.15) is 0 Å². The van der Waals surface area contributed by atoms with E-state index in [1.165, 1.54) is 4.90 Å². The Bertz CT molecular complexity index is 1250. The second-order valence-electron chi connectivity index (χ2n) is 8.26. The molecule has 10 nitrogen and oxygen atoms in total. The summed E-state index contributed by atoms with van der Waals surface area (Å²) in [7, 11) is 4.88. The zero-order chi connectivity index (χ0) is 24.9. The molecule has 1 aliphatic heterocycles. The number of likely N-dealkylation sites (N-methyl/N-ethyl adjacent to an activating group) is 1. The fraction of sp³-hybridized carbons (Fsp3) is 0.280. The highest BCUT2D eigenvalue weighted by Gasteiger charge is 2.27. The van der Waals surface area contributed by atoms with Crippen LogP contribution in [0.4, 0.5) is 11.6 Å². The summed E-state index contributed by atoms with van der Waals surface area (Å²) in [6, 6.07) is 12.5. The summed E-state index contributed by atoms with van der Waals surface area (Å²) in [6.45, 7) is 0.0592. The van der Waals surface area contributed by atoms with Crippen molar-refractivity contribution in [2.24, 2.45) is 5.92 Å². The topological polar surface area (TPSA) is 129 Å². The van der Waals surface area contributed by atoms with Crippen molar-refractivity contribution >= 4 is 23.5 Å². The van der Waals surface area contributed by atoms with E-state index in [4.69, 9.17) is 19.9 Å². The average Bonchev–Trinajstić information content (AvgIpc) is 2.87. The Morgan fingerprint density at radius 1 is 1.20 bits per heavy atom. The number of carbonyl (C=O) groups is 2. The van der Waals surface area contributed by atoms with Crippen LogP contribution < -0.4 is 25.3 Å². The number of nitrogens with one attached hydrogen (secondary N) is 1. The number of rotatable bonds is 7. The van der Waals surface area contributed by atoms with Gasteiger partial charge in [0.25, 0.3) is 5.91 Å². The smallest absolute Gasteiger partial charge is 0.259 e. The number of methoxy groups -OCH3 is 1. The van der Waals surface area contributed by atoms with Crippen LogP contribution in [0.5, 0.6) is 17.2 Å². The fourth-order valence-electron chi connectivity index (χ4n) is 3.61. The van der Waals surface area contributed by atoms with E-state index < -0.39 is 5.92 Å². The molecule has 2 aromatic carbocycles. The first kappa shape index (κ1) is 23.8. The van der Waals surface area contributed by atoms with Crippen LogP contribution in [-0.2, 0) is 16.0 Å². The van der Waals surface area contributed by atoms with E-state index in [0.717, 1.165) is 11.3 Å². The first-order chi connectivity index (χ1) is 16.8. The number of carbonyl (C=O) groups excluding carboxylic acids is 2. The monoisotopic (exact) mass is 477 g/mol. The number of hydrogen-bond donors (Lipinski definition) is 2. The van der Waals surface area contributed by atoms with E-state index in [2.05, 4.69) is 15.3 Å². The molecular formula is C25H27N5O5. The molecule has 1 aromatic heterocycles. The van der Waals surface area contributed by atoms with E-state index in [9.17, 15) is 9.59 Å². The number of benzene rings is 2. The Morgan fingerprint density at radius 3 is 2.77 bits per heavy atom. The molecule has 0 aliphatic carbocycles. The molecule has 1 unspecified atom stereocenters. The molecule has 182 valence electrons. The van der Waals surface area contributed by atoms with Gasteiger partial charge in [-0.1, -0.05) is 6.07 Å². The van der Waals surface area contributed by atoms with Gasteiger partial charge in [-0.05, 0) is 48.4 Å². The molecule has 3 aromatic rings. The first-order valence-corrected chi connectivity index (χ1v) is 11.0. The number of nitrogens with two attached hydrogens (primary N) is 1. The predicted octanol–water partition coefficient (Wildman–Crippen LogP) is 2.39. The molecule has 1 aliphatic rings. The van der Waals surface area contributed by atoms with Crippen LogP contribution in [0.15, 0.2) is 48.7 Å². The van der Waals surface area contributed by atoms with Gasteiger partial charge in [0.15, 0.2) is 6.61 Å². The third-order valence-electron chi connectivity index (χ3n) is 5.60. The number of nitrogen functional groups attached to an aromatic ring is 1. The van der Waals surface area contributed by atoms with E-state index in [1.54, 1.807) is 51.7 Å². The van der Waals surface area contributed by atoms with Gasteiger partial charge in [-0.3, -0.25) is 9.59 Å². The third-order valence-corrected chi connectivity index (χ3v) is 5.60. The molecule has 0 saturated carbocycles. The van der Waals surface area contributed by atoms with Gasteiger partial charge in [-0.15, -0.1) is 0 Å². The van der Waals surface area contributed by atoms with Crippen LogP contribution in [0.3, 0.4) is 0 Å². The number of fused-ring (bicyclic) bond motifs is 1. The number of ether oxygens (including phenoxy) is 3. The van der Waals surface area contributed by atoms with Crippen molar-refractivity contribution in [1.29, 1.82) is 0 Å². The van der Waals surface area contributed by atoms with Crippen molar-refractivity contribution in [3.05, 3.63) is 54.2 Å². The second-order valence-corrected chi connectivity index (χ2v) is 8.26. The van der Waals surface area contributed by atoms with Crippen LogP contribution in [-0.4, -0.2) is 61.1 Å². The number of anilines is 2. The summed E-state index contributed by atoms with van der Waals surface area (Å²) in [5.41, 5.74) is 8.34. The van der Waals surface area contributed by atoms with Gasteiger partial charge in [0.05, 0.1) is 24.4 Å². The van der Waals surface area contributed by atoms with Gasteiger partial charge < -0.3 is 30.2 Å². The molecule has 0 saturated heterocycles. The molecule has 1 atom stereocenters. The average molecular weight is 478 g/mol. The third kappa shape index (κ3) is 5.60. The van der Waals surface area contributed by atoms with Gasteiger partial charge in [0, 0.05) is 25.9 Å². The molecular weight excluding hydrogens is 450 g/mol. The maximum Gasteiger partial charge on any atom is 0.259 e. The minimum atomic E-state index is -0.410. The molecule has 0 bridgehead atoms. The first-order valence-electron chi connectivity index (χ1n) is 11.0. The van der Waals surface area contributed by atoms with Crippen molar-refractivity contribution < 1.29 is 23.8 Å². The quantitative estimate of drug-likeness (QED) is 0.531. The standard InChI is InChI=1S/C25H27N5O5/c1-30(2)23(31)14-35-22-12-15(19-8-9-27-25(26)29-19)4-6-20(22)28-24(32)17-10-16-11-18(33-3)5-7-21(16)34-13-17/h4-9,11-12,17H,10,13-14H2,1-3H3,(H,28,32)(H2,26,27,29). The number of amides is 2. The van der Waals surface area contributed by atoms with Crippen LogP contribution in [0.1, 0.15) is 5.56 Å². The summed E-state index contributed by atoms with van der Waals surface area (Å²) < 4.78 is 16.9. The molecule has 35 heavy (non-hydrogen) atoms. The lowest BCUT2D eigenvalue weighted by Crippen LogP contribution is -2.33. The molecule has 2 amide bonds. The van der Waals surface area contributed by atoms with E-state index in [1.807, 2.05) is 18.2 Å². The molecule has 2 heterocycles. The van der Waals surface area contributed by atoms with Crippen molar-refractivity contribution in [1.82, 2.24) is 14.9 Å². The molecule has 0 radical (unpaired) electrons. The number of hydrogen-bond acceptors (Lipinski definition) is 8. The highest BCUT2D eigenvalue weighted by Crippen LogP contribution is 2.33. The summed E-state index contributed by atoms with van der Waals surface area (Å²) in [5.74, 6) is 1.07. The van der Waals surface area contributed by atoms with Crippen molar-refractivity contribution in [3.63, 3.8) is 0 Å². The molecule has 4 rings (SSSR count). The Morgan fingerprint density at radius 2 is 2.03 bits per heavy atom. The van der Waals surface area contributed by atoms with Gasteiger partial charge in [0.2, 0.25) is 11.9 Å². The normalized spacial score (nSPS) is 14.3. The zero-order valence-corrected chi connectivity index (χ0v) is 19.8. The number of nitrogens with zero attached hydrogens (tertiary/aromatic N) is 3. The highest BCUT2D eigenvalue weighted by atomic mass is 16.5. The Hall–Kier alpha value is -4.34. The zero-order valence-electron chi connectivity index (χ0n) is 19.8. The maximum absolute atomic E-state index is 13.1. The van der Waals surface area contributed by atoms with Crippen LogP contribution in [0.25, 0.3) is 11.3 Å². The minimum absolute atomic E-state index is 0.138. The minimum Gasteiger partial charge on any atom is -0.497 e. The summed E-state index contributed by atoms with van der Waals surface area (Å²) >= 11 is 0. The van der Waals surface area contributed by atoms with Gasteiger partial charge >= 0.3 is 0 Å². The molecule has 0 fully saturated rings. The highest BCUT2D eigenvalue weighted by molar-refractivity contribution is 5.95. The van der Waals surface area contributed by atoms with Crippen LogP contribution in [0.2, 0.25) is 0 Å². The van der Waals surface area contributed by atoms with Crippen LogP contribution >= 0.6 is 0 Å². The van der Waals surface area contributed by atoms with E-state index >= 15 is 0 Å². The predicted molar refractivity (Wildman–Crippen MR) is 130 cm³/mol. The number of aromatic nitrogens is 2. The van der Waals surface area contributed by atoms with Crippen molar-refractivity contribution in [2.75, 3.05) is 45.5 Å². The van der Waals surface area contributed by atoms with Gasteiger partial charge in [0.1, 0.15) is 23.9 Å². The second kappa shape index (κ2) is 10.3. The molecule has 0 spiro atoms. The van der Waals surface area contributed by atoms with E-state index in [-0.39, 0.29) is 31.0 Å². The Balaban J connectivity index is 1.56. The van der Waals surface area contributed by atoms with Crippen LogP contribution in [0, 0.1) is 5.92 Å². The molecule has 10 heteroatoms. The lowest BCUT2D eigenvalue weighted by Gasteiger charge is -2.25. The van der Waals surface area contributed by atoms with Gasteiger partial charge in [-0.25, -0.2) is 9.97 Å². The Labute approximate surface area is 203 Å². The lowest BCUT2D eigenvalue weighted by molar-refractivity contribution is -0.130. The molecule has 3 N–H and O–H groups in total.